The van der Waals surface area contributed by atoms with Gasteiger partial charge in [0.25, 0.3) is 0 Å². The molecule has 0 spiro atoms. The van der Waals surface area contributed by atoms with Crippen molar-refractivity contribution in [3.8, 4) is 5.75 Å². The number of aliphatic imine (C=N–C) groups is 1. The molecule has 24 heavy (non-hydrogen) atoms. The lowest BCUT2D eigenvalue weighted by Crippen LogP contribution is -2.51. The Labute approximate surface area is 141 Å². The molecule has 0 radical (unpaired) electrons. The van der Waals surface area contributed by atoms with Crippen molar-refractivity contribution >= 4 is 17.3 Å². The molecule has 2 rings (SSSR count). The number of aromatic hydroxyl groups is 1. The smallest absolute Gasteiger partial charge is 0.417 e. The second-order valence-electron chi connectivity index (χ2n) is 6.70. The van der Waals surface area contributed by atoms with Crippen molar-refractivity contribution in [2.75, 3.05) is 5.75 Å². The van der Waals surface area contributed by atoms with E-state index in [0.29, 0.717) is 5.75 Å². The Hall–Kier alpha value is -1.28. The molecule has 2 atom stereocenters. The fourth-order valence-electron chi connectivity index (χ4n) is 2.99. The third kappa shape index (κ3) is 4.03. The van der Waals surface area contributed by atoms with E-state index in [4.69, 9.17) is 0 Å². The molecule has 0 aliphatic carbocycles. The van der Waals surface area contributed by atoms with Crippen LogP contribution in [0.5, 0.6) is 5.75 Å². The van der Waals surface area contributed by atoms with Gasteiger partial charge in [0, 0.05) is 17.7 Å². The predicted octanol–water partition coefficient (Wildman–Crippen LogP) is 4.03. The Bertz CT molecular complexity index is 633. The second-order valence-corrected chi connectivity index (χ2v) is 7.57. The SMILES string of the molecule is CC(C)(CC(O)(CC1CSC=N1)C(F)(F)F)c1cc(F)ccc1O. The van der Waals surface area contributed by atoms with Gasteiger partial charge in [-0.2, -0.15) is 13.2 Å². The van der Waals surface area contributed by atoms with Crippen molar-refractivity contribution in [3.05, 3.63) is 29.6 Å². The Balaban J connectivity index is 2.33. The monoisotopic (exact) mass is 365 g/mol. The van der Waals surface area contributed by atoms with E-state index < -0.39 is 41.9 Å². The molecule has 3 nitrogen and oxygen atoms in total. The summed E-state index contributed by atoms with van der Waals surface area (Å²) < 4.78 is 54.1. The highest BCUT2D eigenvalue weighted by atomic mass is 32.2. The summed E-state index contributed by atoms with van der Waals surface area (Å²) in [4.78, 5) is 3.94. The number of halogens is 4. The van der Waals surface area contributed by atoms with Crippen molar-refractivity contribution < 1.29 is 27.8 Å². The minimum absolute atomic E-state index is 0.0227. The number of benzene rings is 1. The third-order valence-corrected chi connectivity index (χ3v) is 5.01. The van der Waals surface area contributed by atoms with Crippen LogP contribution >= 0.6 is 11.8 Å². The number of aliphatic hydroxyl groups is 1. The van der Waals surface area contributed by atoms with E-state index in [9.17, 15) is 27.8 Å². The first-order valence-electron chi connectivity index (χ1n) is 7.36. The molecule has 1 aromatic rings. The molecule has 134 valence electrons. The molecule has 0 fully saturated rings. The van der Waals surface area contributed by atoms with Crippen LogP contribution in [0.1, 0.15) is 32.3 Å². The number of rotatable bonds is 5. The maximum absolute atomic E-state index is 13.5. The Morgan fingerprint density at radius 1 is 1.29 bits per heavy atom. The van der Waals surface area contributed by atoms with Gasteiger partial charge in [0.15, 0.2) is 5.60 Å². The van der Waals surface area contributed by atoms with Crippen molar-refractivity contribution in [1.82, 2.24) is 0 Å². The molecule has 0 amide bonds. The maximum atomic E-state index is 13.5. The normalized spacial score (nSPS) is 21.0. The van der Waals surface area contributed by atoms with Crippen LogP contribution in [0.15, 0.2) is 23.2 Å². The van der Waals surface area contributed by atoms with Crippen LogP contribution in [0.4, 0.5) is 17.6 Å². The van der Waals surface area contributed by atoms with Crippen molar-refractivity contribution in [2.24, 2.45) is 4.99 Å². The Morgan fingerprint density at radius 3 is 2.50 bits per heavy atom. The minimum Gasteiger partial charge on any atom is -0.508 e. The standard InChI is InChI=1S/C16H19F4NO2S/c1-14(2,12-5-10(17)3-4-13(12)22)8-15(23,16(18,19)20)6-11-7-24-9-21-11/h3-5,9,11,22-23H,6-8H2,1-2H3. The average molecular weight is 365 g/mol. The molecule has 2 unspecified atom stereocenters. The number of phenols is 1. The van der Waals surface area contributed by atoms with Gasteiger partial charge in [-0.25, -0.2) is 4.39 Å². The van der Waals surface area contributed by atoms with E-state index in [-0.39, 0.29) is 11.3 Å². The summed E-state index contributed by atoms with van der Waals surface area (Å²) in [5.74, 6) is -0.590. The number of alkyl halides is 3. The number of hydrogen-bond acceptors (Lipinski definition) is 4. The molecule has 0 bridgehead atoms. The van der Waals surface area contributed by atoms with E-state index in [0.717, 1.165) is 18.2 Å². The molecule has 2 N–H and O–H groups in total. The summed E-state index contributed by atoms with van der Waals surface area (Å²) in [6.45, 7) is 2.87. The molecule has 1 aliphatic heterocycles. The minimum atomic E-state index is -4.87. The topological polar surface area (TPSA) is 52.8 Å². The first-order chi connectivity index (χ1) is 10.9. The first kappa shape index (κ1) is 19.1. The maximum Gasteiger partial charge on any atom is 0.417 e. The van der Waals surface area contributed by atoms with Gasteiger partial charge in [-0.1, -0.05) is 13.8 Å². The molecule has 0 aromatic heterocycles. The zero-order valence-corrected chi connectivity index (χ0v) is 14.1. The van der Waals surface area contributed by atoms with Crippen LogP contribution in [0.3, 0.4) is 0 Å². The van der Waals surface area contributed by atoms with Gasteiger partial charge >= 0.3 is 6.18 Å². The highest BCUT2D eigenvalue weighted by Crippen LogP contribution is 2.46. The van der Waals surface area contributed by atoms with E-state index in [1.807, 2.05) is 0 Å². The Kier molecular flexibility index (Phi) is 5.20. The van der Waals surface area contributed by atoms with E-state index in [1.165, 1.54) is 31.2 Å². The fourth-order valence-corrected chi connectivity index (χ4v) is 3.76. The number of phenolic OH excluding ortho intramolecular Hbond substituents is 1. The lowest BCUT2D eigenvalue weighted by molar-refractivity contribution is -0.270. The van der Waals surface area contributed by atoms with E-state index in [2.05, 4.69) is 4.99 Å². The fraction of sp³-hybridized carbons (Fsp3) is 0.562. The van der Waals surface area contributed by atoms with Crippen LogP contribution < -0.4 is 0 Å². The summed E-state index contributed by atoms with van der Waals surface area (Å²) in [5.41, 5.74) is -2.78. The third-order valence-electron chi connectivity index (χ3n) is 4.16. The molecule has 1 aliphatic rings. The van der Waals surface area contributed by atoms with Crippen LogP contribution in [-0.4, -0.2) is 39.3 Å². The van der Waals surface area contributed by atoms with Crippen LogP contribution in [0, 0.1) is 5.82 Å². The molecular weight excluding hydrogens is 346 g/mol. The van der Waals surface area contributed by atoms with Gasteiger partial charge in [0.1, 0.15) is 11.6 Å². The number of thioether (sulfide) groups is 1. The van der Waals surface area contributed by atoms with Gasteiger partial charge in [-0.05, 0) is 30.0 Å². The number of hydrogen-bond donors (Lipinski definition) is 2. The van der Waals surface area contributed by atoms with Crippen molar-refractivity contribution in [1.29, 1.82) is 0 Å². The van der Waals surface area contributed by atoms with Crippen molar-refractivity contribution in [3.63, 3.8) is 0 Å². The van der Waals surface area contributed by atoms with Crippen LogP contribution in [-0.2, 0) is 5.41 Å². The van der Waals surface area contributed by atoms with Crippen LogP contribution in [0.25, 0.3) is 0 Å². The molecule has 8 heteroatoms. The van der Waals surface area contributed by atoms with Gasteiger partial charge in [0.2, 0.25) is 0 Å². The van der Waals surface area contributed by atoms with Gasteiger partial charge in [-0.15, -0.1) is 11.8 Å². The van der Waals surface area contributed by atoms with Crippen LogP contribution in [0.2, 0.25) is 0 Å². The van der Waals surface area contributed by atoms with E-state index >= 15 is 0 Å². The summed E-state index contributed by atoms with van der Waals surface area (Å²) in [6.07, 6.45) is -6.15. The first-order valence-corrected chi connectivity index (χ1v) is 8.41. The largest absolute Gasteiger partial charge is 0.508 e. The lowest BCUT2D eigenvalue weighted by Gasteiger charge is -2.39. The zero-order valence-electron chi connectivity index (χ0n) is 13.3. The average Bonchev–Trinajstić information content (AvgIpc) is 2.92. The number of nitrogens with zero attached hydrogens (tertiary/aromatic N) is 1. The predicted molar refractivity (Wildman–Crippen MR) is 86.1 cm³/mol. The summed E-state index contributed by atoms with van der Waals surface area (Å²) in [7, 11) is 0. The molecule has 1 heterocycles. The molecule has 0 saturated carbocycles. The summed E-state index contributed by atoms with van der Waals surface area (Å²) in [6, 6.07) is 2.49. The highest BCUT2D eigenvalue weighted by molar-refractivity contribution is 8.12. The van der Waals surface area contributed by atoms with Gasteiger partial charge in [-0.3, -0.25) is 4.99 Å². The van der Waals surface area contributed by atoms with Gasteiger partial charge < -0.3 is 10.2 Å². The second kappa shape index (κ2) is 6.55. The highest BCUT2D eigenvalue weighted by Gasteiger charge is 2.56. The quantitative estimate of drug-likeness (QED) is 0.775. The van der Waals surface area contributed by atoms with E-state index in [1.54, 1.807) is 0 Å². The molecule has 1 aromatic carbocycles. The molecular formula is C16H19F4NO2S. The van der Waals surface area contributed by atoms with Crippen molar-refractivity contribution in [2.45, 2.75) is 49.9 Å². The van der Waals surface area contributed by atoms with Gasteiger partial charge in [0.05, 0.1) is 11.6 Å². The lowest BCUT2D eigenvalue weighted by atomic mass is 9.73. The molecule has 0 saturated heterocycles. The zero-order chi connectivity index (χ0) is 18.2. The summed E-state index contributed by atoms with van der Waals surface area (Å²) >= 11 is 1.29. The summed E-state index contributed by atoms with van der Waals surface area (Å²) in [5, 5.41) is 20.3. The Morgan fingerprint density at radius 2 is 1.96 bits per heavy atom.